The average Bonchev–Trinajstić information content (AvgIpc) is 3.13. The molecular formula is C23H28N4O3S. The maximum absolute atomic E-state index is 12.3. The first-order valence-electron chi connectivity index (χ1n) is 10.1. The van der Waals surface area contributed by atoms with Crippen molar-refractivity contribution in [3.63, 3.8) is 0 Å². The Bertz CT molecular complexity index is 1040. The second-order valence-electron chi connectivity index (χ2n) is 7.14. The van der Waals surface area contributed by atoms with E-state index in [1.54, 1.807) is 14.2 Å². The third kappa shape index (κ3) is 6.01. The van der Waals surface area contributed by atoms with Crippen LogP contribution in [0, 0.1) is 6.92 Å². The van der Waals surface area contributed by atoms with Crippen LogP contribution in [0.5, 0.6) is 11.5 Å². The molecule has 1 amide bonds. The van der Waals surface area contributed by atoms with Crippen molar-refractivity contribution in [3.05, 3.63) is 59.4 Å². The zero-order chi connectivity index (χ0) is 22.2. The van der Waals surface area contributed by atoms with E-state index in [0.29, 0.717) is 11.4 Å². The summed E-state index contributed by atoms with van der Waals surface area (Å²) < 4.78 is 12.5. The zero-order valence-corrected chi connectivity index (χ0v) is 19.2. The molecular weight excluding hydrogens is 412 g/mol. The third-order valence-electron chi connectivity index (χ3n) is 5.03. The van der Waals surface area contributed by atoms with Crippen molar-refractivity contribution in [2.75, 3.05) is 25.3 Å². The minimum atomic E-state index is -0.117. The van der Waals surface area contributed by atoms with Crippen LogP contribution in [0.3, 0.4) is 0 Å². The molecule has 0 spiro atoms. The number of carbonyl (C=O) groups is 1. The Kier molecular flexibility index (Phi) is 7.94. The highest BCUT2D eigenvalue weighted by molar-refractivity contribution is 7.99. The largest absolute Gasteiger partial charge is 0.497 e. The number of ether oxygens (including phenoxy) is 2. The molecule has 31 heavy (non-hydrogen) atoms. The Hall–Kier alpha value is -3.00. The predicted molar refractivity (Wildman–Crippen MR) is 123 cm³/mol. The maximum Gasteiger partial charge on any atom is 0.234 e. The number of benzene rings is 2. The normalized spacial score (nSPS) is 10.7. The molecule has 1 aromatic heterocycles. The molecule has 0 aliphatic rings. The Labute approximate surface area is 187 Å². The molecule has 0 aliphatic carbocycles. The highest BCUT2D eigenvalue weighted by Gasteiger charge is 2.13. The number of rotatable bonds is 10. The van der Waals surface area contributed by atoms with Crippen LogP contribution in [0.4, 0.5) is 5.69 Å². The number of thioether (sulfide) groups is 1. The SMILES string of the molecule is COc1ccc(CCCc2nnc(SCC(=O)Nc3ccccc3OC)n2C)c(C)c1. The molecule has 0 aliphatic heterocycles. The van der Waals surface area contributed by atoms with Gasteiger partial charge in [0.05, 0.1) is 25.7 Å². The van der Waals surface area contributed by atoms with E-state index < -0.39 is 0 Å². The summed E-state index contributed by atoms with van der Waals surface area (Å²) in [4.78, 5) is 12.3. The number of aryl methyl sites for hydroxylation is 3. The number of para-hydroxylation sites is 2. The van der Waals surface area contributed by atoms with Gasteiger partial charge in [-0.15, -0.1) is 10.2 Å². The molecule has 2 aromatic carbocycles. The summed E-state index contributed by atoms with van der Waals surface area (Å²) >= 11 is 1.37. The van der Waals surface area contributed by atoms with E-state index in [0.717, 1.165) is 36.0 Å². The van der Waals surface area contributed by atoms with E-state index in [4.69, 9.17) is 9.47 Å². The van der Waals surface area contributed by atoms with Crippen LogP contribution in [-0.2, 0) is 24.7 Å². The number of amides is 1. The Morgan fingerprint density at radius 1 is 1.10 bits per heavy atom. The second kappa shape index (κ2) is 10.9. The molecule has 0 fully saturated rings. The smallest absolute Gasteiger partial charge is 0.234 e. The van der Waals surface area contributed by atoms with Gasteiger partial charge in [0.25, 0.3) is 0 Å². The molecule has 0 saturated carbocycles. The highest BCUT2D eigenvalue weighted by atomic mass is 32.2. The molecule has 0 radical (unpaired) electrons. The van der Waals surface area contributed by atoms with E-state index in [9.17, 15) is 4.79 Å². The van der Waals surface area contributed by atoms with Crippen molar-refractivity contribution in [2.24, 2.45) is 7.05 Å². The molecule has 164 valence electrons. The van der Waals surface area contributed by atoms with Crippen LogP contribution in [0.15, 0.2) is 47.6 Å². The summed E-state index contributed by atoms with van der Waals surface area (Å²) in [5, 5.41) is 12.2. The van der Waals surface area contributed by atoms with Crippen molar-refractivity contribution < 1.29 is 14.3 Å². The Morgan fingerprint density at radius 2 is 1.90 bits per heavy atom. The first kappa shape index (κ1) is 22.7. The van der Waals surface area contributed by atoms with Gasteiger partial charge >= 0.3 is 0 Å². The van der Waals surface area contributed by atoms with Crippen LogP contribution in [0.25, 0.3) is 0 Å². The van der Waals surface area contributed by atoms with Gasteiger partial charge in [-0.1, -0.05) is 30.0 Å². The monoisotopic (exact) mass is 440 g/mol. The lowest BCUT2D eigenvalue weighted by Gasteiger charge is -2.09. The summed E-state index contributed by atoms with van der Waals surface area (Å²) in [6.45, 7) is 2.10. The van der Waals surface area contributed by atoms with Gasteiger partial charge in [-0.2, -0.15) is 0 Å². The number of carbonyl (C=O) groups excluding carboxylic acids is 1. The average molecular weight is 441 g/mol. The molecule has 8 heteroatoms. The third-order valence-corrected chi connectivity index (χ3v) is 6.06. The minimum Gasteiger partial charge on any atom is -0.497 e. The van der Waals surface area contributed by atoms with Gasteiger partial charge in [0.15, 0.2) is 5.16 Å². The van der Waals surface area contributed by atoms with Gasteiger partial charge in [0.1, 0.15) is 17.3 Å². The van der Waals surface area contributed by atoms with E-state index in [1.165, 1.54) is 22.9 Å². The molecule has 3 rings (SSSR count). The number of hydrogen-bond donors (Lipinski definition) is 1. The van der Waals surface area contributed by atoms with E-state index in [1.807, 2.05) is 41.9 Å². The number of aromatic nitrogens is 3. The Balaban J connectivity index is 1.50. The fourth-order valence-corrected chi connectivity index (χ4v) is 4.00. The number of anilines is 1. The van der Waals surface area contributed by atoms with Gasteiger partial charge in [0.2, 0.25) is 5.91 Å². The molecule has 3 aromatic rings. The molecule has 0 unspecified atom stereocenters. The van der Waals surface area contributed by atoms with Crippen molar-refractivity contribution in [1.29, 1.82) is 0 Å². The summed E-state index contributed by atoms with van der Waals surface area (Å²) in [6.07, 6.45) is 2.76. The molecule has 0 atom stereocenters. The summed E-state index contributed by atoms with van der Waals surface area (Å²) in [5.74, 6) is 2.56. The van der Waals surface area contributed by atoms with E-state index >= 15 is 0 Å². The topological polar surface area (TPSA) is 78.3 Å². The summed E-state index contributed by atoms with van der Waals surface area (Å²) in [5.41, 5.74) is 3.20. The van der Waals surface area contributed by atoms with E-state index in [-0.39, 0.29) is 11.7 Å². The van der Waals surface area contributed by atoms with Crippen LogP contribution in [0.2, 0.25) is 0 Å². The molecule has 1 N–H and O–H groups in total. The quantitative estimate of drug-likeness (QED) is 0.479. The summed E-state index contributed by atoms with van der Waals surface area (Å²) in [7, 11) is 5.20. The predicted octanol–water partition coefficient (Wildman–Crippen LogP) is 4.05. The fourth-order valence-electron chi connectivity index (χ4n) is 3.27. The lowest BCUT2D eigenvalue weighted by atomic mass is 10.0. The summed E-state index contributed by atoms with van der Waals surface area (Å²) in [6, 6.07) is 13.5. The molecule has 0 saturated heterocycles. The molecule has 0 bridgehead atoms. The van der Waals surface area contributed by atoms with Crippen molar-refractivity contribution in [3.8, 4) is 11.5 Å². The van der Waals surface area contributed by atoms with E-state index in [2.05, 4.69) is 34.6 Å². The first-order valence-corrected chi connectivity index (χ1v) is 11.1. The van der Waals surface area contributed by atoms with Gasteiger partial charge in [-0.3, -0.25) is 4.79 Å². The van der Waals surface area contributed by atoms with Crippen LogP contribution in [-0.4, -0.2) is 40.6 Å². The first-order chi connectivity index (χ1) is 15.0. The zero-order valence-electron chi connectivity index (χ0n) is 18.3. The van der Waals surface area contributed by atoms with Crippen molar-refractivity contribution in [2.45, 2.75) is 31.3 Å². The minimum absolute atomic E-state index is 0.117. The number of nitrogens with one attached hydrogen (secondary N) is 1. The number of hydrogen-bond acceptors (Lipinski definition) is 6. The number of nitrogens with zero attached hydrogens (tertiary/aromatic N) is 3. The second-order valence-corrected chi connectivity index (χ2v) is 8.08. The lowest BCUT2D eigenvalue weighted by Crippen LogP contribution is -2.15. The number of methoxy groups -OCH3 is 2. The van der Waals surface area contributed by atoms with Gasteiger partial charge in [-0.05, 0) is 55.2 Å². The van der Waals surface area contributed by atoms with Gasteiger partial charge in [-0.25, -0.2) is 0 Å². The van der Waals surface area contributed by atoms with Crippen LogP contribution < -0.4 is 14.8 Å². The lowest BCUT2D eigenvalue weighted by molar-refractivity contribution is -0.113. The van der Waals surface area contributed by atoms with Crippen molar-refractivity contribution in [1.82, 2.24) is 14.8 Å². The Morgan fingerprint density at radius 3 is 2.65 bits per heavy atom. The molecule has 7 nitrogen and oxygen atoms in total. The highest BCUT2D eigenvalue weighted by Crippen LogP contribution is 2.24. The fraction of sp³-hybridized carbons (Fsp3) is 0.348. The molecule has 1 heterocycles. The van der Waals surface area contributed by atoms with Crippen molar-refractivity contribution >= 4 is 23.4 Å². The van der Waals surface area contributed by atoms with Gasteiger partial charge < -0.3 is 19.4 Å². The van der Waals surface area contributed by atoms with Crippen LogP contribution >= 0.6 is 11.8 Å². The van der Waals surface area contributed by atoms with Crippen LogP contribution in [0.1, 0.15) is 23.4 Å². The van der Waals surface area contributed by atoms with Gasteiger partial charge in [0, 0.05) is 13.5 Å². The maximum atomic E-state index is 12.3. The standard InChI is InChI=1S/C23H28N4O3S/c1-16-14-18(29-3)13-12-17(16)8-7-11-21-25-26-23(27(21)2)31-15-22(28)24-19-9-5-6-10-20(19)30-4/h5-6,9-10,12-14H,7-8,11,15H2,1-4H3,(H,24,28).